The molecule has 1 aliphatic heterocycles. The Balaban J connectivity index is 2.10. The molecule has 2 heterocycles. The van der Waals surface area contributed by atoms with Crippen LogP contribution in [-0.2, 0) is 13.0 Å². The lowest BCUT2D eigenvalue weighted by molar-refractivity contribution is 0.0811. The van der Waals surface area contributed by atoms with Crippen LogP contribution in [0.1, 0.15) is 38.1 Å². The SMILES string of the molecule is CCn1nc(C)cc1CC(C)(F)C1CCCNC1. The summed E-state index contributed by atoms with van der Waals surface area (Å²) in [7, 11) is 0. The van der Waals surface area contributed by atoms with E-state index in [1.807, 2.05) is 24.6 Å². The third kappa shape index (κ3) is 2.91. The van der Waals surface area contributed by atoms with Crippen LogP contribution >= 0.6 is 0 Å². The number of alkyl halides is 1. The van der Waals surface area contributed by atoms with E-state index in [1.165, 1.54) is 0 Å². The lowest BCUT2D eigenvalue weighted by atomic mass is 9.82. The molecule has 1 saturated heterocycles. The van der Waals surface area contributed by atoms with Crippen LogP contribution in [0.25, 0.3) is 0 Å². The first-order valence-electron chi connectivity index (χ1n) is 6.96. The highest BCUT2D eigenvalue weighted by Gasteiger charge is 2.36. The third-order valence-corrected chi connectivity index (χ3v) is 3.96. The number of rotatable bonds is 4. The molecule has 0 saturated carbocycles. The topological polar surface area (TPSA) is 29.9 Å². The highest BCUT2D eigenvalue weighted by molar-refractivity contribution is 5.12. The van der Waals surface area contributed by atoms with E-state index in [4.69, 9.17) is 0 Å². The molecule has 0 bridgehead atoms. The molecule has 2 rings (SSSR count). The molecule has 0 aromatic carbocycles. The van der Waals surface area contributed by atoms with Crippen LogP contribution in [0.2, 0.25) is 0 Å². The monoisotopic (exact) mass is 253 g/mol. The lowest BCUT2D eigenvalue weighted by Crippen LogP contribution is -2.43. The van der Waals surface area contributed by atoms with E-state index >= 15 is 0 Å². The number of aromatic nitrogens is 2. The molecule has 102 valence electrons. The lowest BCUT2D eigenvalue weighted by Gasteiger charge is -2.33. The summed E-state index contributed by atoms with van der Waals surface area (Å²) in [6.45, 7) is 8.39. The van der Waals surface area contributed by atoms with Crippen LogP contribution in [0.3, 0.4) is 0 Å². The van der Waals surface area contributed by atoms with Gasteiger partial charge in [0.2, 0.25) is 0 Å². The number of halogens is 1. The minimum Gasteiger partial charge on any atom is -0.316 e. The fourth-order valence-corrected chi connectivity index (χ4v) is 2.88. The fourth-order valence-electron chi connectivity index (χ4n) is 2.88. The minimum absolute atomic E-state index is 0.117. The summed E-state index contributed by atoms with van der Waals surface area (Å²) >= 11 is 0. The maximum Gasteiger partial charge on any atom is 0.117 e. The van der Waals surface area contributed by atoms with E-state index < -0.39 is 5.67 Å². The van der Waals surface area contributed by atoms with E-state index in [-0.39, 0.29) is 5.92 Å². The maximum atomic E-state index is 14.9. The molecule has 4 heteroatoms. The first-order chi connectivity index (χ1) is 8.53. The van der Waals surface area contributed by atoms with Gasteiger partial charge in [0.25, 0.3) is 0 Å². The van der Waals surface area contributed by atoms with Crippen LogP contribution in [0.4, 0.5) is 4.39 Å². The van der Waals surface area contributed by atoms with Gasteiger partial charge in [-0.25, -0.2) is 4.39 Å². The maximum absolute atomic E-state index is 14.9. The third-order valence-electron chi connectivity index (χ3n) is 3.96. The van der Waals surface area contributed by atoms with E-state index in [1.54, 1.807) is 6.92 Å². The Hall–Kier alpha value is -0.900. The largest absolute Gasteiger partial charge is 0.316 e. The molecule has 2 unspecified atom stereocenters. The van der Waals surface area contributed by atoms with Crippen LogP contribution in [0.15, 0.2) is 6.07 Å². The predicted octanol–water partition coefficient (Wildman–Crippen LogP) is 2.48. The molecule has 1 fully saturated rings. The minimum atomic E-state index is -1.15. The van der Waals surface area contributed by atoms with Crippen molar-refractivity contribution in [1.82, 2.24) is 15.1 Å². The Bertz CT molecular complexity index is 392. The van der Waals surface area contributed by atoms with Crippen LogP contribution in [0, 0.1) is 12.8 Å². The summed E-state index contributed by atoms with van der Waals surface area (Å²) in [5.74, 6) is 0.117. The van der Waals surface area contributed by atoms with Gasteiger partial charge in [-0.05, 0) is 46.2 Å². The molecule has 0 aliphatic carbocycles. The highest BCUT2D eigenvalue weighted by Crippen LogP contribution is 2.31. The molecule has 1 N–H and O–H groups in total. The fraction of sp³-hybridized carbons (Fsp3) is 0.786. The van der Waals surface area contributed by atoms with Crippen molar-refractivity contribution in [3.63, 3.8) is 0 Å². The Labute approximate surface area is 109 Å². The van der Waals surface area contributed by atoms with Crippen molar-refractivity contribution in [1.29, 1.82) is 0 Å². The summed E-state index contributed by atoms with van der Waals surface area (Å²) in [6.07, 6.45) is 2.53. The number of nitrogens with one attached hydrogen (secondary N) is 1. The second-order valence-corrected chi connectivity index (χ2v) is 5.59. The van der Waals surface area contributed by atoms with Gasteiger partial charge in [-0.15, -0.1) is 0 Å². The molecule has 18 heavy (non-hydrogen) atoms. The average molecular weight is 253 g/mol. The Morgan fingerprint density at radius 1 is 1.61 bits per heavy atom. The van der Waals surface area contributed by atoms with E-state index in [9.17, 15) is 4.39 Å². The molecule has 2 atom stereocenters. The quantitative estimate of drug-likeness (QED) is 0.893. The molecule has 1 aromatic rings. The molecular formula is C14H24FN3. The zero-order chi connectivity index (χ0) is 13.2. The van der Waals surface area contributed by atoms with Crippen molar-refractivity contribution in [3.8, 4) is 0 Å². The van der Waals surface area contributed by atoms with Crippen molar-refractivity contribution in [3.05, 3.63) is 17.5 Å². The van der Waals surface area contributed by atoms with Crippen molar-refractivity contribution in [2.24, 2.45) is 5.92 Å². The van der Waals surface area contributed by atoms with E-state index in [0.717, 1.165) is 43.9 Å². The van der Waals surface area contributed by atoms with Gasteiger partial charge < -0.3 is 5.32 Å². The smallest absolute Gasteiger partial charge is 0.117 e. The van der Waals surface area contributed by atoms with Crippen LogP contribution in [0.5, 0.6) is 0 Å². The van der Waals surface area contributed by atoms with E-state index in [0.29, 0.717) is 6.42 Å². The predicted molar refractivity (Wildman–Crippen MR) is 71.4 cm³/mol. The summed E-state index contributed by atoms with van der Waals surface area (Å²) < 4.78 is 16.8. The second-order valence-electron chi connectivity index (χ2n) is 5.59. The zero-order valence-corrected chi connectivity index (χ0v) is 11.7. The number of hydrogen-bond acceptors (Lipinski definition) is 2. The summed E-state index contributed by atoms with van der Waals surface area (Å²) in [4.78, 5) is 0. The van der Waals surface area contributed by atoms with Gasteiger partial charge in [-0.1, -0.05) is 0 Å². The van der Waals surface area contributed by atoms with Crippen molar-refractivity contribution in [2.45, 2.75) is 52.2 Å². The van der Waals surface area contributed by atoms with Crippen molar-refractivity contribution < 1.29 is 4.39 Å². The van der Waals surface area contributed by atoms with Gasteiger partial charge >= 0.3 is 0 Å². The number of aryl methyl sites for hydroxylation is 2. The first-order valence-corrected chi connectivity index (χ1v) is 6.96. The molecule has 1 aliphatic rings. The van der Waals surface area contributed by atoms with Crippen LogP contribution < -0.4 is 5.32 Å². The number of nitrogens with zero attached hydrogens (tertiary/aromatic N) is 2. The number of piperidine rings is 1. The molecule has 3 nitrogen and oxygen atoms in total. The van der Waals surface area contributed by atoms with Gasteiger partial charge in [0.15, 0.2) is 0 Å². The summed E-state index contributed by atoms with van der Waals surface area (Å²) in [5, 5.41) is 7.69. The number of hydrogen-bond donors (Lipinski definition) is 1. The van der Waals surface area contributed by atoms with Gasteiger partial charge in [0.1, 0.15) is 5.67 Å². The summed E-state index contributed by atoms with van der Waals surface area (Å²) in [6, 6.07) is 2.01. The molecule has 0 spiro atoms. The van der Waals surface area contributed by atoms with Crippen molar-refractivity contribution >= 4 is 0 Å². The Kier molecular flexibility index (Phi) is 4.05. The van der Waals surface area contributed by atoms with Gasteiger partial charge in [-0.3, -0.25) is 4.68 Å². The van der Waals surface area contributed by atoms with Gasteiger partial charge in [0, 0.05) is 31.1 Å². The molecule has 1 aromatic heterocycles. The molecule has 0 radical (unpaired) electrons. The standard InChI is InChI=1S/C14H24FN3/c1-4-18-13(8-11(2)17-18)9-14(3,15)12-6-5-7-16-10-12/h8,12,16H,4-7,9-10H2,1-3H3. The second kappa shape index (κ2) is 5.39. The molecule has 0 amide bonds. The first kappa shape index (κ1) is 13.5. The Morgan fingerprint density at radius 3 is 3.00 bits per heavy atom. The van der Waals surface area contributed by atoms with Crippen LogP contribution in [-0.4, -0.2) is 28.5 Å². The zero-order valence-electron chi connectivity index (χ0n) is 11.7. The van der Waals surface area contributed by atoms with E-state index in [2.05, 4.69) is 10.4 Å². The summed E-state index contributed by atoms with van der Waals surface area (Å²) in [5.41, 5.74) is 0.849. The molecular weight excluding hydrogens is 229 g/mol. The normalized spacial score (nSPS) is 23.9. The van der Waals surface area contributed by atoms with Gasteiger partial charge in [0.05, 0.1) is 5.69 Å². The highest BCUT2D eigenvalue weighted by atomic mass is 19.1. The Morgan fingerprint density at radius 2 is 2.39 bits per heavy atom. The average Bonchev–Trinajstić information content (AvgIpc) is 2.70. The van der Waals surface area contributed by atoms with Gasteiger partial charge in [-0.2, -0.15) is 5.10 Å². The van der Waals surface area contributed by atoms with Crippen molar-refractivity contribution in [2.75, 3.05) is 13.1 Å².